The largest absolute Gasteiger partial charge is 0.393 e. The van der Waals surface area contributed by atoms with Crippen LogP contribution in [0.15, 0.2) is 4.79 Å². The predicted molar refractivity (Wildman–Crippen MR) is 49.7 cm³/mol. The van der Waals surface area contributed by atoms with E-state index in [-0.39, 0.29) is 5.56 Å². The molecule has 4 nitrogen and oxygen atoms in total. The molecule has 1 aromatic rings. The van der Waals surface area contributed by atoms with E-state index in [1.165, 1.54) is 0 Å². The highest BCUT2D eigenvalue weighted by Crippen LogP contribution is 2.02. The Morgan fingerprint density at radius 2 is 2.15 bits per heavy atom. The van der Waals surface area contributed by atoms with Gasteiger partial charge in [-0.15, -0.1) is 0 Å². The van der Waals surface area contributed by atoms with Gasteiger partial charge in [0.2, 0.25) is 0 Å². The summed E-state index contributed by atoms with van der Waals surface area (Å²) in [5.41, 5.74) is 1.12. The van der Waals surface area contributed by atoms with E-state index >= 15 is 0 Å². The summed E-state index contributed by atoms with van der Waals surface area (Å²) in [6.45, 7) is 5.17. The second-order valence-corrected chi connectivity index (χ2v) is 3.27. The van der Waals surface area contributed by atoms with Crippen LogP contribution < -0.4 is 5.56 Å². The maximum Gasteiger partial charge on any atom is 0.254 e. The van der Waals surface area contributed by atoms with Crippen molar-refractivity contribution in [1.29, 1.82) is 0 Å². The van der Waals surface area contributed by atoms with Crippen molar-refractivity contribution >= 4 is 0 Å². The zero-order chi connectivity index (χ0) is 10.0. The van der Waals surface area contributed by atoms with Crippen LogP contribution in [-0.4, -0.2) is 21.2 Å². The molecule has 0 spiro atoms. The third kappa shape index (κ3) is 2.39. The van der Waals surface area contributed by atoms with Crippen molar-refractivity contribution in [3.05, 3.63) is 27.4 Å². The molecule has 4 heteroatoms. The molecule has 1 atom stereocenters. The number of hydrogen-bond acceptors (Lipinski definition) is 3. The van der Waals surface area contributed by atoms with Crippen LogP contribution in [0.4, 0.5) is 0 Å². The molecule has 1 rings (SSSR count). The molecule has 0 aliphatic heterocycles. The monoisotopic (exact) mass is 182 g/mol. The van der Waals surface area contributed by atoms with Crippen molar-refractivity contribution in [2.45, 2.75) is 33.3 Å². The molecule has 0 saturated heterocycles. The number of aliphatic hydroxyl groups excluding tert-OH is 1. The van der Waals surface area contributed by atoms with E-state index in [0.29, 0.717) is 23.5 Å². The topological polar surface area (TPSA) is 66.0 Å². The highest BCUT2D eigenvalue weighted by molar-refractivity contribution is 5.16. The molecule has 0 bridgehead atoms. The molecule has 0 amide bonds. The smallest absolute Gasteiger partial charge is 0.254 e. The molecule has 0 saturated carbocycles. The van der Waals surface area contributed by atoms with Gasteiger partial charge in [-0.1, -0.05) is 0 Å². The number of aromatic nitrogens is 2. The van der Waals surface area contributed by atoms with E-state index in [1.807, 2.05) is 0 Å². The van der Waals surface area contributed by atoms with Gasteiger partial charge < -0.3 is 10.1 Å². The molecule has 2 N–H and O–H groups in total. The Morgan fingerprint density at radius 1 is 1.54 bits per heavy atom. The van der Waals surface area contributed by atoms with Crippen LogP contribution in [0.2, 0.25) is 0 Å². The minimum atomic E-state index is -0.510. The van der Waals surface area contributed by atoms with Crippen molar-refractivity contribution in [2.75, 3.05) is 0 Å². The van der Waals surface area contributed by atoms with Gasteiger partial charge in [0.25, 0.3) is 5.56 Å². The first-order valence-corrected chi connectivity index (χ1v) is 4.25. The Hall–Kier alpha value is -1.16. The van der Waals surface area contributed by atoms with E-state index in [1.54, 1.807) is 20.8 Å². The normalized spacial score (nSPS) is 12.9. The van der Waals surface area contributed by atoms with Gasteiger partial charge >= 0.3 is 0 Å². The number of aryl methyl sites for hydroxylation is 2. The van der Waals surface area contributed by atoms with Crippen molar-refractivity contribution in [3.63, 3.8) is 0 Å². The van der Waals surface area contributed by atoms with Gasteiger partial charge in [0.05, 0.1) is 6.10 Å². The summed E-state index contributed by atoms with van der Waals surface area (Å²) < 4.78 is 0. The Balaban J connectivity index is 3.14. The summed E-state index contributed by atoms with van der Waals surface area (Å²) in [4.78, 5) is 18.1. The fourth-order valence-electron chi connectivity index (χ4n) is 1.29. The highest BCUT2D eigenvalue weighted by atomic mass is 16.3. The van der Waals surface area contributed by atoms with Gasteiger partial charge in [0.1, 0.15) is 5.82 Å². The third-order valence-corrected chi connectivity index (χ3v) is 1.84. The number of rotatable bonds is 2. The molecule has 0 aliphatic rings. The zero-order valence-electron chi connectivity index (χ0n) is 8.09. The van der Waals surface area contributed by atoms with Crippen LogP contribution >= 0.6 is 0 Å². The summed E-state index contributed by atoms with van der Waals surface area (Å²) in [5, 5.41) is 9.14. The van der Waals surface area contributed by atoms with Gasteiger partial charge in [-0.3, -0.25) is 4.79 Å². The number of hydrogen-bond donors (Lipinski definition) is 2. The number of nitrogens with one attached hydrogen (secondary N) is 1. The number of aromatic amines is 1. The van der Waals surface area contributed by atoms with E-state index < -0.39 is 6.10 Å². The van der Waals surface area contributed by atoms with Crippen LogP contribution in [0.3, 0.4) is 0 Å². The number of aliphatic hydroxyl groups is 1. The highest BCUT2D eigenvalue weighted by Gasteiger charge is 2.08. The predicted octanol–water partition coefficient (Wildman–Crippen LogP) is 0.310. The average Bonchev–Trinajstić information content (AvgIpc) is 1.96. The first kappa shape index (κ1) is 9.92. The lowest BCUT2D eigenvalue weighted by atomic mass is 10.1. The van der Waals surface area contributed by atoms with Gasteiger partial charge in [0, 0.05) is 17.7 Å². The molecule has 1 heterocycles. The molecule has 0 fully saturated rings. The average molecular weight is 182 g/mol. The maximum atomic E-state index is 11.4. The van der Waals surface area contributed by atoms with Crippen molar-refractivity contribution < 1.29 is 5.11 Å². The van der Waals surface area contributed by atoms with E-state index in [9.17, 15) is 4.79 Å². The van der Waals surface area contributed by atoms with Gasteiger partial charge in [-0.25, -0.2) is 4.98 Å². The first-order chi connectivity index (χ1) is 6.00. The van der Waals surface area contributed by atoms with Crippen LogP contribution in [0.1, 0.15) is 24.0 Å². The molecule has 13 heavy (non-hydrogen) atoms. The first-order valence-electron chi connectivity index (χ1n) is 4.25. The fraction of sp³-hybridized carbons (Fsp3) is 0.556. The van der Waals surface area contributed by atoms with E-state index in [2.05, 4.69) is 9.97 Å². The number of H-pyrrole nitrogens is 1. The lowest BCUT2D eigenvalue weighted by Gasteiger charge is -2.06. The van der Waals surface area contributed by atoms with Crippen LogP contribution in [0, 0.1) is 13.8 Å². The van der Waals surface area contributed by atoms with Crippen LogP contribution in [0.5, 0.6) is 0 Å². The van der Waals surface area contributed by atoms with Crippen molar-refractivity contribution in [2.24, 2.45) is 0 Å². The number of nitrogens with zero attached hydrogens (tertiary/aromatic N) is 1. The summed E-state index contributed by atoms with van der Waals surface area (Å²) in [7, 11) is 0. The molecular formula is C9H14N2O2. The molecule has 0 aromatic carbocycles. The lowest BCUT2D eigenvalue weighted by molar-refractivity contribution is 0.194. The van der Waals surface area contributed by atoms with Crippen LogP contribution in [0.25, 0.3) is 0 Å². The summed E-state index contributed by atoms with van der Waals surface area (Å²) in [6, 6.07) is 0. The Bertz CT molecular complexity index is 355. The minimum absolute atomic E-state index is 0.147. The standard InChI is InChI=1S/C9H14N2O2/c1-5(12)4-8-6(2)10-7(3)11-9(8)13/h5,12H,4H2,1-3H3,(H,10,11,13). The zero-order valence-corrected chi connectivity index (χ0v) is 8.09. The second kappa shape index (κ2) is 3.70. The Labute approximate surface area is 76.7 Å². The Kier molecular flexibility index (Phi) is 2.83. The summed E-state index contributed by atoms with van der Waals surface area (Å²) in [6.07, 6.45) is -0.154. The quantitative estimate of drug-likeness (QED) is 0.691. The third-order valence-electron chi connectivity index (χ3n) is 1.84. The lowest BCUT2D eigenvalue weighted by Crippen LogP contribution is -2.21. The fourth-order valence-corrected chi connectivity index (χ4v) is 1.29. The SMILES string of the molecule is Cc1nc(C)c(CC(C)O)c(=O)[nH]1. The molecule has 72 valence electrons. The van der Waals surface area contributed by atoms with E-state index in [0.717, 1.165) is 0 Å². The Morgan fingerprint density at radius 3 is 2.62 bits per heavy atom. The van der Waals surface area contributed by atoms with E-state index in [4.69, 9.17) is 5.11 Å². The minimum Gasteiger partial charge on any atom is -0.393 e. The van der Waals surface area contributed by atoms with Gasteiger partial charge in [0.15, 0.2) is 0 Å². The van der Waals surface area contributed by atoms with Gasteiger partial charge in [-0.05, 0) is 20.8 Å². The molecule has 0 radical (unpaired) electrons. The molecule has 1 aromatic heterocycles. The second-order valence-electron chi connectivity index (χ2n) is 3.27. The molecule has 1 unspecified atom stereocenters. The molecule has 0 aliphatic carbocycles. The van der Waals surface area contributed by atoms with Crippen molar-refractivity contribution in [1.82, 2.24) is 9.97 Å². The maximum absolute atomic E-state index is 11.4. The van der Waals surface area contributed by atoms with Crippen LogP contribution in [-0.2, 0) is 6.42 Å². The van der Waals surface area contributed by atoms with Gasteiger partial charge in [-0.2, -0.15) is 0 Å². The summed E-state index contributed by atoms with van der Waals surface area (Å²) >= 11 is 0. The molecular weight excluding hydrogens is 168 g/mol. The van der Waals surface area contributed by atoms with Crippen molar-refractivity contribution in [3.8, 4) is 0 Å². The summed E-state index contributed by atoms with van der Waals surface area (Å²) in [5.74, 6) is 0.608.